The number of hydrogen-bond acceptors (Lipinski definition) is 5. The molecule has 3 aliphatic heterocycles. The largest absolute Gasteiger partial charge is 0.489 e. The molecule has 0 N–H and O–H groups in total. The Hall–Kier alpha value is -2.40. The summed E-state index contributed by atoms with van der Waals surface area (Å²) in [5.41, 5.74) is 2.01. The Morgan fingerprint density at radius 2 is 2.16 bits per heavy atom. The second-order valence-electron chi connectivity index (χ2n) is 7.23. The Labute approximate surface area is 145 Å². The van der Waals surface area contributed by atoms with Crippen LogP contribution in [-0.2, 0) is 0 Å². The van der Waals surface area contributed by atoms with Crippen molar-refractivity contribution in [1.82, 2.24) is 9.88 Å². The van der Waals surface area contributed by atoms with Crippen LogP contribution in [0.5, 0.6) is 5.75 Å². The van der Waals surface area contributed by atoms with E-state index in [1.54, 1.807) is 6.07 Å². The molecule has 1 aliphatic carbocycles. The second-order valence-corrected chi connectivity index (χ2v) is 7.23. The molecule has 3 heterocycles. The summed E-state index contributed by atoms with van der Waals surface area (Å²) in [6.07, 6.45) is 2.62. The zero-order valence-electron chi connectivity index (χ0n) is 14.1. The first-order valence-electron chi connectivity index (χ1n) is 8.91. The number of piperidine rings is 1. The predicted molar refractivity (Wildman–Crippen MR) is 95.1 cm³/mol. The first kappa shape index (κ1) is 14.9. The Bertz CT molecular complexity index is 953. The highest BCUT2D eigenvalue weighted by molar-refractivity contribution is 5.77. The molecule has 5 rings (SSSR count). The van der Waals surface area contributed by atoms with E-state index in [1.165, 1.54) is 25.1 Å². The molecule has 0 amide bonds. The minimum atomic E-state index is -0.0781. The average molecular weight is 336 g/mol. The predicted octanol–water partition coefficient (Wildman–Crippen LogP) is 3.15. The lowest BCUT2D eigenvalue weighted by molar-refractivity contribution is 0.0656. The van der Waals surface area contributed by atoms with E-state index in [-0.39, 0.29) is 11.5 Å². The van der Waals surface area contributed by atoms with E-state index in [9.17, 15) is 4.79 Å². The van der Waals surface area contributed by atoms with Crippen LogP contribution in [-0.4, -0.2) is 35.1 Å². The van der Waals surface area contributed by atoms with Crippen LogP contribution in [0.25, 0.3) is 22.6 Å². The molecule has 0 radical (unpaired) electrons. The molecule has 25 heavy (non-hydrogen) atoms. The van der Waals surface area contributed by atoms with Gasteiger partial charge in [0.25, 0.3) is 0 Å². The van der Waals surface area contributed by atoms with Gasteiger partial charge in [-0.05, 0) is 56.5 Å². The van der Waals surface area contributed by atoms with E-state index in [0.29, 0.717) is 23.1 Å². The molecule has 0 aromatic heterocycles. The summed E-state index contributed by atoms with van der Waals surface area (Å²) >= 11 is 0. The Kier molecular flexibility index (Phi) is 3.31. The molecule has 128 valence electrons. The topological polar surface area (TPSA) is 55.6 Å². The van der Waals surface area contributed by atoms with Crippen molar-refractivity contribution >= 4 is 11.1 Å². The molecule has 4 aliphatic rings. The first-order valence-corrected chi connectivity index (χ1v) is 8.91. The SMILES string of the molecule is CC1[C@@H]2CC[N@@]1C[C@@H](Oc1ccc3nc4ccc(=O)cc-4oc3c1)C2. The van der Waals surface area contributed by atoms with Crippen LogP contribution in [0.15, 0.2) is 45.6 Å². The lowest BCUT2D eigenvalue weighted by atomic mass is 9.92. The third kappa shape index (κ3) is 2.59. The lowest BCUT2D eigenvalue weighted by Gasteiger charge is -2.35. The van der Waals surface area contributed by atoms with Gasteiger partial charge in [-0.15, -0.1) is 0 Å². The van der Waals surface area contributed by atoms with E-state index in [2.05, 4.69) is 16.8 Å². The molecular formula is C20H20N2O3. The second kappa shape index (κ2) is 5.56. The monoisotopic (exact) mass is 336 g/mol. The number of ether oxygens (including phenoxy) is 1. The minimum absolute atomic E-state index is 0.0781. The first-order chi connectivity index (χ1) is 12.2. The lowest BCUT2D eigenvalue weighted by Crippen LogP contribution is -2.44. The zero-order chi connectivity index (χ0) is 17.0. The van der Waals surface area contributed by atoms with Crippen LogP contribution in [0.4, 0.5) is 0 Å². The number of fused-ring (bicyclic) bond motifs is 4. The fraction of sp³-hybridized carbons (Fsp3) is 0.400. The molecule has 1 aromatic carbocycles. The molecule has 2 saturated heterocycles. The highest BCUT2D eigenvalue weighted by Gasteiger charge is 2.39. The summed E-state index contributed by atoms with van der Waals surface area (Å²) in [6.45, 7) is 4.50. The maximum Gasteiger partial charge on any atom is 0.182 e. The third-order valence-electron chi connectivity index (χ3n) is 5.68. The Morgan fingerprint density at radius 3 is 3.04 bits per heavy atom. The van der Waals surface area contributed by atoms with Crippen LogP contribution in [0.1, 0.15) is 19.8 Å². The standard InChI is InChI=1S/C20H20N2O3/c1-12-13-6-7-22(12)11-16(8-13)24-15-3-5-18-20(10-15)25-19-9-14(23)2-4-17(19)21-18/h2-5,9-10,12-13,16H,6-8,11H2,1H3/t12?,13-,16+/m1/s1. The van der Waals surface area contributed by atoms with Gasteiger partial charge in [0.2, 0.25) is 0 Å². The van der Waals surface area contributed by atoms with Crippen LogP contribution in [0.3, 0.4) is 0 Å². The van der Waals surface area contributed by atoms with Gasteiger partial charge in [-0.1, -0.05) is 0 Å². The van der Waals surface area contributed by atoms with Gasteiger partial charge >= 0.3 is 0 Å². The fourth-order valence-electron chi connectivity index (χ4n) is 4.26. The Morgan fingerprint density at radius 1 is 1.24 bits per heavy atom. The maximum absolute atomic E-state index is 11.5. The number of rotatable bonds is 2. The molecule has 5 nitrogen and oxygen atoms in total. The summed E-state index contributed by atoms with van der Waals surface area (Å²) in [5, 5.41) is 0. The van der Waals surface area contributed by atoms with Crippen molar-refractivity contribution in [3.63, 3.8) is 0 Å². The Balaban J connectivity index is 1.45. The number of nitrogens with zero attached hydrogens (tertiary/aromatic N) is 2. The molecule has 5 heteroatoms. The van der Waals surface area contributed by atoms with Crippen molar-refractivity contribution in [3.05, 3.63) is 46.6 Å². The quantitative estimate of drug-likeness (QED) is 0.673. The summed E-state index contributed by atoms with van der Waals surface area (Å²) in [5.74, 6) is 2.05. The van der Waals surface area contributed by atoms with Crippen molar-refractivity contribution in [3.8, 4) is 17.2 Å². The van der Waals surface area contributed by atoms with Gasteiger partial charge in [-0.2, -0.15) is 0 Å². The van der Waals surface area contributed by atoms with Crippen LogP contribution >= 0.6 is 0 Å². The molecule has 0 spiro atoms. The number of benzene rings is 2. The van der Waals surface area contributed by atoms with Crippen molar-refractivity contribution in [2.45, 2.75) is 31.9 Å². The number of aromatic nitrogens is 1. The molecule has 1 unspecified atom stereocenters. The van der Waals surface area contributed by atoms with Crippen molar-refractivity contribution in [2.24, 2.45) is 5.92 Å². The van der Waals surface area contributed by atoms with E-state index < -0.39 is 0 Å². The average Bonchev–Trinajstić information content (AvgIpc) is 2.81. The van der Waals surface area contributed by atoms with Gasteiger partial charge in [-0.25, -0.2) is 4.98 Å². The zero-order valence-corrected chi connectivity index (χ0v) is 14.1. The van der Waals surface area contributed by atoms with E-state index >= 15 is 0 Å². The van der Waals surface area contributed by atoms with Crippen LogP contribution < -0.4 is 10.2 Å². The summed E-state index contributed by atoms with van der Waals surface area (Å²) in [4.78, 5) is 18.6. The molecule has 0 saturated carbocycles. The normalized spacial score (nSPS) is 28.5. The minimum Gasteiger partial charge on any atom is -0.489 e. The molecular weight excluding hydrogens is 316 g/mol. The van der Waals surface area contributed by atoms with Gasteiger partial charge < -0.3 is 9.15 Å². The smallest absolute Gasteiger partial charge is 0.182 e. The highest BCUT2D eigenvalue weighted by atomic mass is 16.5. The van der Waals surface area contributed by atoms with Gasteiger partial charge in [0, 0.05) is 24.7 Å². The van der Waals surface area contributed by atoms with Gasteiger partial charge in [0.15, 0.2) is 16.8 Å². The van der Waals surface area contributed by atoms with Crippen molar-refractivity contribution in [2.75, 3.05) is 13.1 Å². The fourth-order valence-corrected chi connectivity index (χ4v) is 4.26. The third-order valence-corrected chi connectivity index (χ3v) is 5.68. The highest BCUT2D eigenvalue weighted by Crippen LogP contribution is 2.35. The van der Waals surface area contributed by atoms with Crippen LogP contribution in [0.2, 0.25) is 0 Å². The van der Waals surface area contributed by atoms with Gasteiger partial charge in [0.1, 0.15) is 23.1 Å². The maximum atomic E-state index is 11.5. The molecule has 1 aromatic rings. The summed E-state index contributed by atoms with van der Waals surface area (Å²) in [6, 6.07) is 11.1. The van der Waals surface area contributed by atoms with E-state index in [0.717, 1.165) is 30.1 Å². The molecule has 2 bridgehead atoms. The summed E-state index contributed by atoms with van der Waals surface area (Å²) < 4.78 is 12.1. The molecule has 4 atom stereocenters. The summed E-state index contributed by atoms with van der Waals surface area (Å²) in [7, 11) is 0. The van der Waals surface area contributed by atoms with Gasteiger partial charge in [-0.3, -0.25) is 9.69 Å². The van der Waals surface area contributed by atoms with Crippen molar-refractivity contribution < 1.29 is 9.15 Å². The van der Waals surface area contributed by atoms with Crippen LogP contribution in [0, 0.1) is 5.92 Å². The molecule has 2 fully saturated rings. The van der Waals surface area contributed by atoms with E-state index in [4.69, 9.17) is 9.15 Å². The van der Waals surface area contributed by atoms with E-state index in [1.807, 2.05) is 18.2 Å². The number of hydrogen-bond donors (Lipinski definition) is 0. The van der Waals surface area contributed by atoms with Crippen molar-refractivity contribution in [1.29, 1.82) is 0 Å². The van der Waals surface area contributed by atoms with Gasteiger partial charge in [0.05, 0.1) is 0 Å².